The van der Waals surface area contributed by atoms with Crippen LogP contribution >= 0.6 is 0 Å². The zero-order valence-electron chi connectivity index (χ0n) is 9.28. The minimum absolute atomic E-state index is 0.198. The fraction of sp³-hybridized carbons (Fsp3) is 0.333. The van der Waals surface area contributed by atoms with E-state index in [1.807, 2.05) is 0 Å². The summed E-state index contributed by atoms with van der Waals surface area (Å²) in [5, 5.41) is 18.0. The largest absolute Gasteiger partial charge is 0.478 e. The van der Waals surface area contributed by atoms with Gasteiger partial charge in [-0.2, -0.15) is 0 Å². The molecule has 0 aliphatic rings. The average Bonchev–Trinajstić information content (AvgIpc) is 2.26. The zero-order valence-corrected chi connectivity index (χ0v) is 9.28. The Bertz CT molecular complexity index is 393. The van der Waals surface area contributed by atoms with Crippen LogP contribution in [0.3, 0.4) is 0 Å². The van der Waals surface area contributed by atoms with E-state index in [0.29, 0.717) is 24.0 Å². The van der Waals surface area contributed by atoms with Crippen molar-refractivity contribution in [2.45, 2.75) is 26.7 Å². The third-order valence-corrected chi connectivity index (χ3v) is 2.55. The molecule has 0 spiro atoms. The van der Waals surface area contributed by atoms with Gasteiger partial charge in [0.1, 0.15) is 0 Å². The molecule has 16 heavy (non-hydrogen) atoms. The Hall–Kier alpha value is -1.84. The van der Waals surface area contributed by atoms with Crippen molar-refractivity contribution < 1.29 is 19.8 Å². The summed E-state index contributed by atoms with van der Waals surface area (Å²) in [6.45, 7) is 3.61. The van der Waals surface area contributed by atoms with Crippen molar-refractivity contribution in [2.24, 2.45) is 0 Å². The molecule has 0 fully saturated rings. The lowest BCUT2D eigenvalue weighted by atomic mass is 9.95. The molecule has 0 aliphatic carbocycles. The van der Waals surface area contributed by atoms with Crippen LogP contribution in [0, 0.1) is 0 Å². The number of carboxylic acid groups (broad SMARTS) is 2. The predicted molar refractivity (Wildman–Crippen MR) is 59.1 cm³/mol. The van der Waals surface area contributed by atoms with Crippen LogP contribution in [-0.2, 0) is 12.8 Å². The van der Waals surface area contributed by atoms with Crippen LogP contribution in [0.15, 0.2) is 12.1 Å². The van der Waals surface area contributed by atoms with Gasteiger partial charge in [-0.15, -0.1) is 0 Å². The Morgan fingerprint density at radius 2 is 1.25 bits per heavy atom. The highest BCUT2D eigenvalue weighted by molar-refractivity contribution is 5.94. The van der Waals surface area contributed by atoms with Crippen molar-refractivity contribution in [3.8, 4) is 0 Å². The maximum Gasteiger partial charge on any atom is 0.335 e. The number of aromatic carboxylic acids is 2. The standard InChI is InChI=1S/C12H14O4/c1-3-7-5-10(12(15)16)8(4-2)6-9(7)11(13)14/h5-6H,3-4H2,1-2H3,(H,13,14)(H,15,16). The molecule has 0 bridgehead atoms. The highest BCUT2D eigenvalue weighted by Crippen LogP contribution is 2.19. The Morgan fingerprint density at radius 3 is 1.44 bits per heavy atom. The van der Waals surface area contributed by atoms with E-state index in [1.165, 1.54) is 12.1 Å². The molecule has 0 heterocycles. The number of hydrogen-bond donors (Lipinski definition) is 2. The fourth-order valence-corrected chi connectivity index (χ4v) is 1.67. The number of aryl methyl sites for hydroxylation is 2. The minimum Gasteiger partial charge on any atom is -0.478 e. The molecule has 1 aromatic carbocycles. The third kappa shape index (κ3) is 2.21. The minimum atomic E-state index is -1.01. The summed E-state index contributed by atoms with van der Waals surface area (Å²) in [4.78, 5) is 22.0. The van der Waals surface area contributed by atoms with E-state index in [2.05, 4.69) is 0 Å². The number of benzene rings is 1. The van der Waals surface area contributed by atoms with E-state index in [-0.39, 0.29) is 11.1 Å². The summed E-state index contributed by atoms with van der Waals surface area (Å²) in [6, 6.07) is 2.93. The van der Waals surface area contributed by atoms with Gasteiger partial charge in [0.25, 0.3) is 0 Å². The third-order valence-electron chi connectivity index (χ3n) is 2.55. The van der Waals surface area contributed by atoms with Crippen molar-refractivity contribution in [3.63, 3.8) is 0 Å². The van der Waals surface area contributed by atoms with Crippen molar-refractivity contribution in [2.75, 3.05) is 0 Å². The first-order valence-corrected chi connectivity index (χ1v) is 5.13. The van der Waals surface area contributed by atoms with Gasteiger partial charge in [0, 0.05) is 0 Å². The lowest BCUT2D eigenvalue weighted by molar-refractivity contribution is 0.0679. The summed E-state index contributed by atoms with van der Waals surface area (Å²) < 4.78 is 0. The van der Waals surface area contributed by atoms with Crippen LogP contribution in [0.4, 0.5) is 0 Å². The number of rotatable bonds is 4. The summed E-state index contributed by atoms with van der Waals surface area (Å²) >= 11 is 0. The molecule has 2 N–H and O–H groups in total. The number of hydrogen-bond acceptors (Lipinski definition) is 2. The second-order valence-electron chi connectivity index (χ2n) is 3.48. The van der Waals surface area contributed by atoms with Crippen LogP contribution in [-0.4, -0.2) is 22.2 Å². The molecule has 1 rings (SSSR count). The van der Waals surface area contributed by atoms with Gasteiger partial charge in [-0.1, -0.05) is 13.8 Å². The molecule has 0 unspecified atom stereocenters. The van der Waals surface area contributed by atoms with Crippen LogP contribution in [0.1, 0.15) is 45.7 Å². The summed E-state index contributed by atoms with van der Waals surface area (Å²) in [7, 11) is 0. The first-order valence-electron chi connectivity index (χ1n) is 5.13. The number of carbonyl (C=O) groups is 2. The zero-order chi connectivity index (χ0) is 12.3. The topological polar surface area (TPSA) is 74.6 Å². The predicted octanol–water partition coefficient (Wildman–Crippen LogP) is 2.21. The first-order chi connectivity index (χ1) is 7.51. The van der Waals surface area contributed by atoms with Gasteiger partial charge in [-0.3, -0.25) is 0 Å². The van der Waals surface area contributed by atoms with E-state index in [1.54, 1.807) is 13.8 Å². The van der Waals surface area contributed by atoms with Gasteiger partial charge >= 0.3 is 11.9 Å². The van der Waals surface area contributed by atoms with Gasteiger partial charge in [0.2, 0.25) is 0 Å². The average molecular weight is 222 g/mol. The molecule has 0 radical (unpaired) electrons. The van der Waals surface area contributed by atoms with Gasteiger partial charge in [-0.25, -0.2) is 9.59 Å². The molecular weight excluding hydrogens is 208 g/mol. The van der Waals surface area contributed by atoms with Crippen molar-refractivity contribution in [3.05, 3.63) is 34.4 Å². The molecule has 0 saturated heterocycles. The monoisotopic (exact) mass is 222 g/mol. The second-order valence-corrected chi connectivity index (χ2v) is 3.48. The van der Waals surface area contributed by atoms with E-state index in [4.69, 9.17) is 10.2 Å². The summed E-state index contributed by atoms with van der Waals surface area (Å²) in [6.07, 6.45) is 1.01. The molecular formula is C12H14O4. The van der Waals surface area contributed by atoms with Crippen LogP contribution in [0.25, 0.3) is 0 Å². The molecule has 1 aromatic rings. The number of carboxylic acids is 2. The maximum absolute atomic E-state index is 11.0. The Kier molecular flexibility index (Phi) is 3.66. The van der Waals surface area contributed by atoms with Crippen LogP contribution < -0.4 is 0 Å². The lowest BCUT2D eigenvalue weighted by Gasteiger charge is -2.09. The van der Waals surface area contributed by atoms with Gasteiger partial charge < -0.3 is 10.2 Å². The van der Waals surface area contributed by atoms with Crippen molar-refractivity contribution in [1.82, 2.24) is 0 Å². The molecule has 4 nitrogen and oxygen atoms in total. The maximum atomic E-state index is 11.0. The summed E-state index contributed by atoms with van der Waals surface area (Å²) in [5.41, 5.74) is 1.51. The lowest BCUT2D eigenvalue weighted by Crippen LogP contribution is -2.09. The van der Waals surface area contributed by atoms with Crippen molar-refractivity contribution >= 4 is 11.9 Å². The molecule has 86 valence electrons. The highest BCUT2D eigenvalue weighted by Gasteiger charge is 2.16. The van der Waals surface area contributed by atoms with E-state index in [9.17, 15) is 9.59 Å². The van der Waals surface area contributed by atoms with Crippen molar-refractivity contribution in [1.29, 1.82) is 0 Å². The molecule has 4 heteroatoms. The molecule has 0 saturated carbocycles. The highest BCUT2D eigenvalue weighted by atomic mass is 16.4. The molecule has 0 aromatic heterocycles. The second kappa shape index (κ2) is 4.79. The first kappa shape index (κ1) is 12.2. The van der Waals surface area contributed by atoms with E-state index < -0.39 is 11.9 Å². The Morgan fingerprint density at radius 1 is 0.938 bits per heavy atom. The molecule has 0 aliphatic heterocycles. The normalized spacial score (nSPS) is 10.1. The van der Waals surface area contributed by atoms with E-state index >= 15 is 0 Å². The van der Waals surface area contributed by atoms with Gasteiger partial charge in [-0.05, 0) is 36.1 Å². The van der Waals surface area contributed by atoms with Gasteiger partial charge in [0.05, 0.1) is 11.1 Å². The SMILES string of the molecule is CCc1cc(C(=O)O)c(CC)cc1C(=O)O. The quantitative estimate of drug-likeness (QED) is 0.819. The van der Waals surface area contributed by atoms with Crippen LogP contribution in [0.5, 0.6) is 0 Å². The Balaban J connectivity index is 3.46. The molecule has 0 atom stereocenters. The smallest absolute Gasteiger partial charge is 0.335 e. The summed E-state index contributed by atoms with van der Waals surface area (Å²) in [5.74, 6) is -2.02. The van der Waals surface area contributed by atoms with Gasteiger partial charge in [0.15, 0.2) is 0 Å². The fourth-order valence-electron chi connectivity index (χ4n) is 1.67. The van der Waals surface area contributed by atoms with Crippen LogP contribution in [0.2, 0.25) is 0 Å². The van der Waals surface area contributed by atoms with E-state index in [0.717, 1.165) is 0 Å². The Labute approximate surface area is 93.5 Å². The molecule has 0 amide bonds.